The minimum Gasteiger partial charge on any atom is -0.119 e. The Morgan fingerprint density at radius 3 is 2.86 bits per heavy atom. The molecule has 6 atom stereocenters. The summed E-state index contributed by atoms with van der Waals surface area (Å²) >= 11 is 13.5. The van der Waals surface area contributed by atoms with Crippen molar-refractivity contribution in [3.63, 3.8) is 0 Å². The average molecular weight is 229 g/mol. The summed E-state index contributed by atoms with van der Waals surface area (Å²) in [4.78, 5) is 0.00282. The fourth-order valence-corrected chi connectivity index (χ4v) is 6.22. The summed E-state index contributed by atoms with van der Waals surface area (Å²) in [5.74, 6) is 3.03. The highest BCUT2D eigenvalue weighted by molar-refractivity contribution is 6.29. The van der Waals surface area contributed by atoms with Crippen LogP contribution in [0.15, 0.2) is 12.2 Å². The molecule has 3 saturated carbocycles. The summed E-state index contributed by atoms with van der Waals surface area (Å²) in [6, 6.07) is 0. The van der Waals surface area contributed by atoms with Gasteiger partial charge in [-0.2, -0.15) is 0 Å². The Kier molecular flexibility index (Phi) is 1.33. The van der Waals surface area contributed by atoms with Crippen LogP contribution in [-0.2, 0) is 0 Å². The fourth-order valence-electron chi connectivity index (χ4n) is 4.92. The number of alkyl halides is 2. The predicted octanol–water partition coefficient (Wildman–Crippen LogP) is 3.58. The van der Waals surface area contributed by atoms with E-state index in [1.165, 1.54) is 19.3 Å². The lowest BCUT2D eigenvalue weighted by atomic mass is 9.73. The van der Waals surface area contributed by atoms with E-state index in [-0.39, 0.29) is 9.75 Å². The first-order valence-electron chi connectivity index (χ1n) is 5.70. The van der Waals surface area contributed by atoms with Crippen molar-refractivity contribution in [3.05, 3.63) is 12.2 Å². The minimum atomic E-state index is -0.0632. The number of allylic oxidation sites excluding steroid dienone is 2. The number of halogens is 2. The summed E-state index contributed by atoms with van der Waals surface area (Å²) in [5, 5.41) is 0. The highest BCUT2D eigenvalue weighted by atomic mass is 35.5. The summed E-state index contributed by atoms with van der Waals surface area (Å²) in [6.45, 7) is 0. The van der Waals surface area contributed by atoms with Gasteiger partial charge in [0.15, 0.2) is 0 Å². The van der Waals surface area contributed by atoms with Crippen molar-refractivity contribution in [1.29, 1.82) is 0 Å². The molecule has 0 nitrogen and oxygen atoms in total. The first-order valence-corrected chi connectivity index (χ1v) is 6.45. The van der Waals surface area contributed by atoms with Gasteiger partial charge in [-0.15, -0.1) is 23.2 Å². The van der Waals surface area contributed by atoms with Crippen molar-refractivity contribution in [3.8, 4) is 0 Å². The molecule has 14 heavy (non-hydrogen) atoms. The van der Waals surface area contributed by atoms with Gasteiger partial charge in [-0.25, -0.2) is 0 Å². The predicted molar refractivity (Wildman–Crippen MR) is 58.7 cm³/mol. The normalized spacial score (nSPS) is 67.9. The van der Waals surface area contributed by atoms with Gasteiger partial charge in [-0.3, -0.25) is 0 Å². The Morgan fingerprint density at radius 2 is 2.07 bits per heavy atom. The van der Waals surface area contributed by atoms with Gasteiger partial charge in [-0.1, -0.05) is 12.2 Å². The molecule has 6 unspecified atom stereocenters. The van der Waals surface area contributed by atoms with Crippen LogP contribution in [0.3, 0.4) is 0 Å². The Balaban J connectivity index is 1.88. The molecule has 0 heterocycles. The van der Waals surface area contributed by atoms with E-state index in [1.807, 2.05) is 0 Å². The molecule has 0 aromatic rings. The Hall–Kier alpha value is 0.320. The molecule has 4 aliphatic carbocycles. The number of hydrogen-bond donors (Lipinski definition) is 0. The lowest BCUT2D eigenvalue weighted by Gasteiger charge is -2.39. The highest BCUT2D eigenvalue weighted by Gasteiger charge is 2.69. The lowest BCUT2D eigenvalue weighted by molar-refractivity contribution is 0.225. The van der Waals surface area contributed by atoms with Crippen LogP contribution >= 0.6 is 23.2 Å². The summed E-state index contributed by atoms with van der Waals surface area (Å²) in [5.41, 5.74) is 0. The zero-order chi connectivity index (χ0) is 9.55. The van der Waals surface area contributed by atoms with Gasteiger partial charge in [0.2, 0.25) is 0 Å². The fraction of sp³-hybridized carbons (Fsp3) is 0.833. The summed E-state index contributed by atoms with van der Waals surface area (Å²) in [7, 11) is 0. The van der Waals surface area contributed by atoms with Crippen molar-refractivity contribution in [2.45, 2.75) is 35.4 Å². The van der Waals surface area contributed by atoms with Gasteiger partial charge in [0.25, 0.3) is 0 Å². The maximum Gasteiger partial charge on any atom is 0.0679 e. The first kappa shape index (κ1) is 8.47. The second kappa shape index (κ2) is 2.20. The van der Waals surface area contributed by atoms with E-state index in [9.17, 15) is 0 Å². The van der Waals surface area contributed by atoms with E-state index in [1.54, 1.807) is 0 Å². The third kappa shape index (κ3) is 0.736. The molecule has 0 N–H and O–H groups in total. The molecule has 0 radical (unpaired) electrons. The molecular formula is C12H14Cl2. The molecule has 2 heteroatoms. The number of fused-ring (bicyclic) bond motifs is 9. The molecule has 0 aromatic carbocycles. The molecule has 76 valence electrons. The van der Waals surface area contributed by atoms with Gasteiger partial charge in [0.1, 0.15) is 0 Å². The molecule has 4 bridgehead atoms. The molecule has 4 aliphatic rings. The molecule has 0 aromatic heterocycles. The van der Waals surface area contributed by atoms with Crippen LogP contribution in [0.1, 0.15) is 25.7 Å². The second-order valence-corrected chi connectivity index (χ2v) is 7.20. The zero-order valence-electron chi connectivity index (χ0n) is 8.05. The Bertz CT molecular complexity index is 337. The largest absolute Gasteiger partial charge is 0.119 e. The van der Waals surface area contributed by atoms with E-state index in [0.29, 0.717) is 5.92 Å². The number of rotatable bonds is 0. The average Bonchev–Trinajstić information content (AvgIpc) is 2.78. The van der Waals surface area contributed by atoms with E-state index in [2.05, 4.69) is 12.2 Å². The van der Waals surface area contributed by atoms with Crippen molar-refractivity contribution in [2.24, 2.45) is 23.7 Å². The van der Waals surface area contributed by atoms with Crippen LogP contribution in [0, 0.1) is 23.7 Å². The smallest absolute Gasteiger partial charge is 0.0679 e. The van der Waals surface area contributed by atoms with Gasteiger partial charge >= 0.3 is 0 Å². The van der Waals surface area contributed by atoms with Crippen LogP contribution in [-0.4, -0.2) is 9.75 Å². The topological polar surface area (TPSA) is 0 Å². The van der Waals surface area contributed by atoms with Crippen LogP contribution < -0.4 is 0 Å². The highest BCUT2D eigenvalue weighted by Crippen LogP contribution is 2.71. The maximum absolute atomic E-state index is 6.76. The summed E-state index contributed by atoms with van der Waals surface area (Å²) in [6.07, 6.45) is 9.54. The molecule has 3 fully saturated rings. The third-order valence-corrected chi connectivity index (χ3v) is 6.29. The number of hydrogen-bond acceptors (Lipinski definition) is 0. The molecule has 0 spiro atoms. The minimum absolute atomic E-state index is 0.0632. The summed E-state index contributed by atoms with van der Waals surface area (Å²) < 4.78 is 0. The van der Waals surface area contributed by atoms with Gasteiger partial charge < -0.3 is 0 Å². The Morgan fingerprint density at radius 1 is 1.21 bits per heavy atom. The SMILES string of the molecule is ClC12C=CC(C1)C1C3CCC(Cl)(C3)C12. The van der Waals surface area contributed by atoms with Gasteiger partial charge in [0.05, 0.1) is 9.75 Å². The second-order valence-electron chi connectivity index (χ2n) is 5.75. The van der Waals surface area contributed by atoms with Crippen LogP contribution in [0.5, 0.6) is 0 Å². The molecular weight excluding hydrogens is 215 g/mol. The van der Waals surface area contributed by atoms with Crippen LogP contribution in [0.2, 0.25) is 0 Å². The van der Waals surface area contributed by atoms with Crippen LogP contribution in [0.25, 0.3) is 0 Å². The Labute approximate surface area is 94.6 Å². The van der Waals surface area contributed by atoms with Crippen LogP contribution in [0.4, 0.5) is 0 Å². The van der Waals surface area contributed by atoms with Gasteiger partial charge in [-0.05, 0) is 43.4 Å². The van der Waals surface area contributed by atoms with Crippen molar-refractivity contribution >= 4 is 23.2 Å². The third-order valence-electron chi connectivity index (χ3n) is 5.20. The van der Waals surface area contributed by atoms with Crippen molar-refractivity contribution < 1.29 is 0 Å². The molecule has 0 amide bonds. The van der Waals surface area contributed by atoms with Crippen molar-refractivity contribution in [2.75, 3.05) is 0 Å². The quantitative estimate of drug-likeness (QED) is 0.338. The molecule has 0 aliphatic heterocycles. The van der Waals surface area contributed by atoms with E-state index in [4.69, 9.17) is 23.2 Å². The maximum atomic E-state index is 6.76. The monoisotopic (exact) mass is 228 g/mol. The first-order chi connectivity index (χ1) is 6.62. The zero-order valence-corrected chi connectivity index (χ0v) is 9.56. The van der Waals surface area contributed by atoms with Crippen molar-refractivity contribution in [1.82, 2.24) is 0 Å². The van der Waals surface area contributed by atoms with E-state index in [0.717, 1.165) is 24.2 Å². The molecule has 0 saturated heterocycles. The van der Waals surface area contributed by atoms with E-state index < -0.39 is 0 Å². The molecule has 4 rings (SSSR count). The van der Waals surface area contributed by atoms with Gasteiger partial charge in [0, 0.05) is 5.92 Å². The lowest BCUT2D eigenvalue weighted by Crippen LogP contribution is -2.41. The van der Waals surface area contributed by atoms with E-state index >= 15 is 0 Å². The standard InChI is InChI=1S/C12H14Cl2/c13-11-3-1-7(5-11)9-8-2-4-12(14,6-8)10(9)11/h1,3,7-10H,2,4-6H2.